The molecule has 0 spiro atoms. The lowest BCUT2D eigenvalue weighted by Gasteiger charge is -2.16. The van der Waals surface area contributed by atoms with E-state index >= 15 is 0 Å². The van der Waals surface area contributed by atoms with E-state index in [-0.39, 0.29) is 18.7 Å². The second kappa shape index (κ2) is 6.79. The first-order valence-corrected chi connectivity index (χ1v) is 5.34. The molecule has 1 unspecified atom stereocenters. The van der Waals surface area contributed by atoms with Crippen LogP contribution in [0.1, 0.15) is 19.8 Å². The van der Waals surface area contributed by atoms with Gasteiger partial charge in [-0.3, -0.25) is 4.98 Å². The largest absolute Gasteiger partial charge is 0.396 e. The number of nitrogens with one attached hydrogen (secondary N) is 2. The third kappa shape index (κ3) is 4.27. The normalized spacial score (nSPS) is 11.9. The van der Waals surface area contributed by atoms with Crippen LogP contribution in [0.3, 0.4) is 0 Å². The Bertz CT molecular complexity index is 316. The van der Waals surface area contributed by atoms with Crippen molar-refractivity contribution in [2.24, 2.45) is 0 Å². The van der Waals surface area contributed by atoms with Gasteiger partial charge in [0.05, 0.1) is 0 Å². The molecule has 5 nitrogen and oxygen atoms in total. The highest BCUT2D eigenvalue weighted by Crippen LogP contribution is 2.03. The lowest BCUT2D eigenvalue weighted by molar-refractivity contribution is 0.237. The van der Waals surface area contributed by atoms with E-state index in [0.717, 1.165) is 6.42 Å². The van der Waals surface area contributed by atoms with Gasteiger partial charge in [-0.15, -0.1) is 0 Å². The van der Waals surface area contributed by atoms with Crippen molar-refractivity contribution in [1.82, 2.24) is 10.3 Å². The molecule has 0 saturated heterocycles. The van der Waals surface area contributed by atoms with E-state index in [1.54, 1.807) is 24.5 Å². The fourth-order valence-corrected chi connectivity index (χ4v) is 1.32. The second-order valence-corrected chi connectivity index (χ2v) is 3.45. The second-order valence-electron chi connectivity index (χ2n) is 3.45. The van der Waals surface area contributed by atoms with Gasteiger partial charge in [-0.1, -0.05) is 6.92 Å². The van der Waals surface area contributed by atoms with Crippen molar-refractivity contribution >= 4 is 11.7 Å². The number of carbonyl (C=O) groups excluding carboxylic acids is 1. The maximum atomic E-state index is 11.5. The molecule has 1 atom stereocenters. The Balaban J connectivity index is 2.41. The molecule has 16 heavy (non-hydrogen) atoms. The number of pyridine rings is 1. The first-order valence-electron chi connectivity index (χ1n) is 5.34. The average Bonchev–Trinajstić information content (AvgIpc) is 2.29. The number of aliphatic hydroxyl groups excluding tert-OH is 1. The predicted octanol–water partition coefficient (Wildman–Crippen LogP) is 1.36. The van der Waals surface area contributed by atoms with Crippen LogP contribution in [0.4, 0.5) is 10.5 Å². The van der Waals surface area contributed by atoms with Gasteiger partial charge in [-0.25, -0.2) is 4.79 Å². The molecular weight excluding hydrogens is 206 g/mol. The standard InChI is InChI=1S/C11H17N3O2/c1-2-9(5-8-15)13-11(16)14-10-3-6-12-7-4-10/h3-4,6-7,9,15H,2,5,8H2,1H3,(H2,12,13,14,16). The van der Waals surface area contributed by atoms with E-state index < -0.39 is 0 Å². The maximum absolute atomic E-state index is 11.5. The Kier molecular flexibility index (Phi) is 5.28. The van der Waals surface area contributed by atoms with Crippen LogP contribution in [0.2, 0.25) is 0 Å². The van der Waals surface area contributed by atoms with Gasteiger partial charge in [0.15, 0.2) is 0 Å². The zero-order chi connectivity index (χ0) is 11.8. The molecule has 0 bridgehead atoms. The van der Waals surface area contributed by atoms with Gasteiger partial charge in [-0.2, -0.15) is 0 Å². The summed E-state index contributed by atoms with van der Waals surface area (Å²) >= 11 is 0. The Labute approximate surface area is 94.9 Å². The van der Waals surface area contributed by atoms with Crippen LogP contribution < -0.4 is 10.6 Å². The minimum atomic E-state index is -0.258. The van der Waals surface area contributed by atoms with E-state index in [9.17, 15) is 4.79 Å². The quantitative estimate of drug-likeness (QED) is 0.705. The van der Waals surface area contributed by atoms with Gasteiger partial charge in [0.2, 0.25) is 0 Å². The minimum absolute atomic E-state index is 0.00633. The summed E-state index contributed by atoms with van der Waals surface area (Å²) in [6, 6.07) is 3.18. The minimum Gasteiger partial charge on any atom is -0.396 e. The number of hydrogen-bond acceptors (Lipinski definition) is 3. The van der Waals surface area contributed by atoms with Crippen LogP contribution in [-0.2, 0) is 0 Å². The van der Waals surface area contributed by atoms with Crippen molar-refractivity contribution in [3.05, 3.63) is 24.5 Å². The molecule has 1 aromatic heterocycles. The van der Waals surface area contributed by atoms with Crippen LogP contribution in [0, 0.1) is 0 Å². The Morgan fingerprint density at radius 2 is 2.19 bits per heavy atom. The van der Waals surface area contributed by atoms with E-state index in [2.05, 4.69) is 15.6 Å². The molecular formula is C11H17N3O2. The van der Waals surface area contributed by atoms with Gasteiger partial charge in [0.1, 0.15) is 0 Å². The molecule has 0 fully saturated rings. The molecule has 1 rings (SSSR count). The van der Waals surface area contributed by atoms with Gasteiger partial charge in [-0.05, 0) is 25.0 Å². The molecule has 2 amide bonds. The summed E-state index contributed by atoms with van der Waals surface area (Å²) in [6.07, 6.45) is 4.59. The summed E-state index contributed by atoms with van der Waals surface area (Å²) in [6.45, 7) is 2.04. The lowest BCUT2D eigenvalue weighted by atomic mass is 10.2. The van der Waals surface area contributed by atoms with Crippen LogP contribution in [0.25, 0.3) is 0 Å². The van der Waals surface area contributed by atoms with Crippen LogP contribution in [-0.4, -0.2) is 28.8 Å². The molecule has 5 heteroatoms. The molecule has 0 aliphatic carbocycles. The highest BCUT2D eigenvalue weighted by atomic mass is 16.3. The van der Waals surface area contributed by atoms with Crippen LogP contribution >= 0.6 is 0 Å². The highest BCUT2D eigenvalue weighted by Gasteiger charge is 2.09. The van der Waals surface area contributed by atoms with Crippen molar-refractivity contribution in [3.8, 4) is 0 Å². The number of carbonyl (C=O) groups is 1. The molecule has 0 saturated carbocycles. The summed E-state index contributed by atoms with van der Waals surface area (Å²) in [7, 11) is 0. The van der Waals surface area contributed by atoms with Crippen molar-refractivity contribution in [1.29, 1.82) is 0 Å². The SMILES string of the molecule is CCC(CCO)NC(=O)Nc1ccncc1. The van der Waals surface area contributed by atoms with E-state index in [4.69, 9.17) is 5.11 Å². The number of nitrogens with zero attached hydrogens (tertiary/aromatic N) is 1. The zero-order valence-electron chi connectivity index (χ0n) is 9.31. The molecule has 1 aromatic rings. The fourth-order valence-electron chi connectivity index (χ4n) is 1.32. The van der Waals surface area contributed by atoms with E-state index in [1.807, 2.05) is 6.92 Å². The third-order valence-electron chi connectivity index (χ3n) is 2.24. The highest BCUT2D eigenvalue weighted by molar-refractivity contribution is 5.89. The molecule has 88 valence electrons. The molecule has 0 aliphatic heterocycles. The average molecular weight is 223 g/mol. The zero-order valence-corrected chi connectivity index (χ0v) is 9.31. The third-order valence-corrected chi connectivity index (χ3v) is 2.24. The Morgan fingerprint density at radius 3 is 2.75 bits per heavy atom. The predicted molar refractivity (Wildman–Crippen MR) is 62.2 cm³/mol. The summed E-state index contributed by atoms with van der Waals surface area (Å²) in [5, 5.41) is 14.3. The van der Waals surface area contributed by atoms with Crippen LogP contribution in [0.5, 0.6) is 0 Å². The summed E-state index contributed by atoms with van der Waals surface area (Å²) in [5.74, 6) is 0. The van der Waals surface area contributed by atoms with Crippen molar-refractivity contribution in [2.45, 2.75) is 25.8 Å². The molecule has 0 aliphatic rings. The summed E-state index contributed by atoms with van der Waals surface area (Å²) in [4.78, 5) is 15.4. The monoisotopic (exact) mass is 223 g/mol. The first kappa shape index (κ1) is 12.4. The van der Waals surface area contributed by atoms with Gasteiger partial charge in [0, 0.05) is 30.7 Å². The van der Waals surface area contributed by atoms with E-state index in [0.29, 0.717) is 12.1 Å². The van der Waals surface area contributed by atoms with Crippen LogP contribution in [0.15, 0.2) is 24.5 Å². The molecule has 3 N–H and O–H groups in total. The number of urea groups is 1. The molecule has 0 aromatic carbocycles. The van der Waals surface area contributed by atoms with Crippen molar-refractivity contribution in [3.63, 3.8) is 0 Å². The Hall–Kier alpha value is -1.62. The van der Waals surface area contributed by atoms with Gasteiger partial charge < -0.3 is 15.7 Å². The van der Waals surface area contributed by atoms with Crippen molar-refractivity contribution in [2.75, 3.05) is 11.9 Å². The van der Waals surface area contributed by atoms with Gasteiger partial charge in [0.25, 0.3) is 0 Å². The fraction of sp³-hybridized carbons (Fsp3) is 0.455. The maximum Gasteiger partial charge on any atom is 0.319 e. The number of rotatable bonds is 5. The first-order chi connectivity index (χ1) is 7.76. The smallest absolute Gasteiger partial charge is 0.319 e. The van der Waals surface area contributed by atoms with E-state index in [1.165, 1.54) is 0 Å². The Morgan fingerprint density at radius 1 is 1.50 bits per heavy atom. The number of amides is 2. The number of hydrogen-bond donors (Lipinski definition) is 3. The number of anilines is 1. The van der Waals surface area contributed by atoms with Crippen molar-refractivity contribution < 1.29 is 9.90 Å². The molecule has 0 radical (unpaired) electrons. The molecule has 1 heterocycles. The van der Waals surface area contributed by atoms with Gasteiger partial charge >= 0.3 is 6.03 Å². The topological polar surface area (TPSA) is 74.2 Å². The number of aliphatic hydroxyl groups is 1. The summed E-state index contributed by atoms with van der Waals surface area (Å²) in [5.41, 5.74) is 0.700. The summed E-state index contributed by atoms with van der Waals surface area (Å²) < 4.78 is 0. The lowest BCUT2D eigenvalue weighted by Crippen LogP contribution is -2.38. The number of aromatic nitrogens is 1.